The van der Waals surface area contributed by atoms with Crippen molar-refractivity contribution in [3.63, 3.8) is 0 Å². The van der Waals surface area contributed by atoms with Crippen molar-refractivity contribution < 1.29 is 14.0 Å². The van der Waals surface area contributed by atoms with E-state index in [2.05, 4.69) is 9.98 Å². The summed E-state index contributed by atoms with van der Waals surface area (Å²) < 4.78 is 13.5. The number of nitrogens with zero attached hydrogens (tertiary/aromatic N) is 2. The first kappa shape index (κ1) is 20.9. The lowest BCUT2D eigenvalue weighted by atomic mass is 10.1. The third kappa shape index (κ3) is 4.23. The maximum atomic E-state index is 13.5. The molecule has 5 rings (SSSR count). The molecule has 2 heterocycles. The van der Waals surface area contributed by atoms with E-state index in [1.165, 1.54) is 40.9 Å². The number of aliphatic imine (C=N–C) groups is 1. The van der Waals surface area contributed by atoms with Gasteiger partial charge < -0.3 is 4.98 Å². The number of aromatic nitrogens is 1. The fraction of sp³-hybridized carbons (Fsp3) is 0.0385. The summed E-state index contributed by atoms with van der Waals surface area (Å²) in [5, 5.41) is 1.23. The van der Waals surface area contributed by atoms with Crippen molar-refractivity contribution in [1.29, 1.82) is 0 Å². The Morgan fingerprint density at radius 2 is 1.73 bits per heavy atom. The third-order valence-corrected chi connectivity index (χ3v) is 6.18. The van der Waals surface area contributed by atoms with Crippen LogP contribution in [-0.2, 0) is 4.79 Å². The number of aromatic amines is 1. The van der Waals surface area contributed by atoms with Crippen molar-refractivity contribution in [2.24, 2.45) is 4.99 Å². The molecule has 33 heavy (non-hydrogen) atoms. The molecule has 1 amide bonds. The van der Waals surface area contributed by atoms with Gasteiger partial charge in [-0.25, -0.2) is 9.38 Å². The monoisotopic (exact) mass is 455 g/mol. The summed E-state index contributed by atoms with van der Waals surface area (Å²) in [6, 6.07) is 22.6. The van der Waals surface area contributed by atoms with Crippen LogP contribution in [0.25, 0.3) is 17.0 Å². The van der Waals surface area contributed by atoms with E-state index in [1.807, 2.05) is 54.6 Å². The molecule has 1 aromatic heterocycles. The molecular formula is C26H18FN3O2S. The largest absolute Gasteiger partial charge is 0.360 e. The van der Waals surface area contributed by atoms with E-state index in [1.54, 1.807) is 12.3 Å². The van der Waals surface area contributed by atoms with Crippen LogP contribution in [0.5, 0.6) is 0 Å². The minimum Gasteiger partial charge on any atom is -0.360 e. The summed E-state index contributed by atoms with van der Waals surface area (Å²) in [5.74, 6) is -0.699. The molecule has 162 valence electrons. The van der Waals surface area contributed by atoms with Gasteiger partial charge in [-0.15, -0.1) is 0 Å². The van der Waals surface area contributed by atoms with Gasteiger partial charge in [-0.3, -0.25) is 14.5 Å². The zero-order valence-electron chi connectivity index (χ0n) is 17.4. The van der Waals surface area contributed by atoms with Crippen LogP contribution in [0.3, 0.4) is 0 Å². The van der Waals surface area contributed by atoms with E-state index in [0.29, 0.717) is 16.4 Å². The lowest BCUT2D eigenvalue weighted by molar-refractivity contribution is -0.113. The second-order valence-corrected chi connectivity index (χ2v) is 8.35. The molecule has 4 aromatic rings. The van der Waals surface area contributed by atoms with Gasteiger partial charge in [0.2, 0.25) is 0 Å². The van der Waals surface area contributed by atoms with E-state index in [9.17, 15) is 14.0 Å². The molecule has 3 aromatic carbocycles. The number of hydrogen-bond acceptors (Lipinski definition) is 4. The number of H-pyrrole nitrogens is 1. The van der Waals surface area contributed by atoms with Crippen LogP contribution in [0, 0.1) is 5.82 Å². The summed E-state index contributed by atoms with van der Waals surface area (Å²) >= 11 is 1.18. The zero-order chi connectivity index (χ0) is 22.8. The predicted octanol–water partition coefficient (Wildman–Crippen LogP) is 5.67. The van der Waals surface area contributed by atoms with Crippen molar-refractivity contribution in [2.75, 3.05) is 10.7 Å². The molecule has 5 nitrogen and oxygen atoms in total. The van der Waals surface area contributed by atoms with E-state index in [-0.39, 0.29) is 23.1 Å². The quantitative estimate of drug-likeness (QED) is 0.312. The van der Waals surface area contributed by atoms with E-state index in [0.717, 1.165) is 16.5 Å². The van der Waals surface area contributed by atoms with Gasteiger partial charge in [-0.05, 0) is 42.0 Å². The smallest absolute Gasteiger partial charge is 0.283 e. The van der Waals surface area contributed by atoms with Gasteiger partial charge in [-0.2, -0.15) is 0 Å². The molecule has 0 radical (unpaired) electrons. The van der Waals surface area contributed by atoms with Gasteiger partial charge in [0.1, 0.15) is 11.5 Å². The summed E-state index contributed by atoms with van der Waals surface area (Å²) in [7, 11) is 0. The normalized spacial score (nSPS) is 14.8. The fourth-order valence-electron chi connectivity index (χ4n) is 3.63. The van der Waals surface area contributed by atoms with E-state index < -0.39 is 5.82 Å². The maximum Gasteiger partial charge on any atom is 0.283 e. The summed E-state index contributed by atoms with van der Waals surface area (Å²) in [6.07, 6.45) is 3.40. The highest BCUT2D eigenvalue weighted by molar-refractivity contribution is 8.14. The number of fused-ring (bicyclic) bond motifs is 1. The predicted molar refractivity (Wildman–Crippen MR) is 131 cm³/mol. The van der Waals surface area contributed by atoms with Crippen LogP contribution in [0.4, 0.5) is 10.1 Å². The highest BCUT2D eigenvalue weighted by Gasteiger charge is 2.32. The number of benzene rings is 3. The van der Waals surface area contributed by atoms with Crippen LogP contribution in [-0.4, -0.2) is 27.6 Å². The van der Waals surface area contributed by atoms with Gasteiger partial charge in [0.15, 0.2) is 11.0 Å². The Morgan fingerprint density at radius 1 is 1.00 bits per heavy atom. The second-order valence-electron chi connectivity index (χ2n) is 7.41. The number of anilines is 1. The molecule has 0 saturated heterocycles. The highest BCUT2D eigenvalue weighted by atomic mass is 32.2. The minimum atomic E-state index is -0.397. The molecule has 0 unspecified atom stereocenters. The fourth-order valence-corrected chi connectivity index (χ4v) is 4.52. The van der Waals surface area contributed by atoms with Crippen LogP contribution >= 0.6 is 11.8 Å². The first-order chi connectivity index (χ1) is 16.1. The summed E-state index contributed by atoms with van der Waals surface area (Å²) in [6.45, 7) is 0. The number of amides is 1. The van der Waals surface area contributed by atoms with E-state index >= 15 is 0 Å². The lowest BCUT2D eigenvalue weighted by Gasteiger charge is -2.17. The molecule has 1 aliphatic heterocycles. The molecule has 0 fully saturated rings. The number of rotatable bonds is 5. The van der Waals surface area contributed by atoms with Crippen molar-refractivity contribution in [3.8, 4) is 0 Å². The number of halogens is 1. The molecule has 1 aliphatic rings. The zero-order valence-corrected chi connectivity index (χ0v) is 18.2. The highest BCUT2D eigenvalue weighted by Crippen LogP contribution is 2.30. The van der Waals surface area contributed by atoms with Crippen LogP contribution in [0.2, 0.25) is 0 Å². The van der Waals surface area contributed by atoms with Gasteiger partial charge in [0, 0.05) is 22.7 Å². The Hall–Kier alpha value is -3.97. The van der Waals surface area contributed by atoms with Gasteiger partial charge in [0.25, 0.3) is 5.91 Å². The Morgan fingerprint density at radius 3 is 2.52 bits per heavy atom. The molecule has 0 bridgehead atoms. The number of nitrogens with one attached hydrogen (secondary N) is 1. The molecule has 7 heteroatoms. The van der Waals surface area contributed by atoms with Gasteiger partial charge in [-0.1, -0.05) is 60.3 Å². The average Bonchev–Trinajstić information content (AvgIpc) is 3.40. The molecular weight excluding hydrogens is 437 g/mol. The Bertz CT molecular complexity index is 1410. The van der Waals surface area contributed by atoms with Crippen LogP contribution in [0.15, 0.2) is 95.7 Å². The molecule has 0 saturated carbocycles. The van der Waals surface area contributed by atoms with Crippen LogP contribution in [0.1, 0.15) is 15.9 Å². The number of thioether (sulfide) groups is 1. The van der Waals surface area contributed by atoms with Gasteiger partial charge >= 0.3 is 0 Å². The lowest BCUT2D eigenvalue weighted by Crippen LogP contribution is -2.30. The number of ketones is 1. The first-order valence-electron chi connectivity index (χ1n) is 10.3. The number of Topliss-reactive ketones (excluding diaryl/α,β-unsaturated/α-hetero) is 1. The Balaban J connectivity index is 1.44. The first-order valence-corrected chi connectivity index (χ1v) is 11.3. The number of carbonyl (C=O) groups is 2. The molecule has 1 N–H and O–H groups in total. The van der Waals surface area contributed by atoms with Crippen molar-refractivity contribution in [3.05, 3.63) is 108 Å². The van der Waals surface area contributed by atoms with E-state index in [4.69, 9.17) is 0 Å². The third-order valence-electron chi connectivity index (χ3n) is 5.24. The Kier molecular flexibility index (Phi) is 5.62. The van der Waals surface area contributed by atoms with Crippen molar-refractivity contribution in [1.82, 2.24) is 4.98 Å². The summed E-state index contributed by atoms with van der Waals surface area (Å²) in [5.41, 5.74) is 3.07. The maximum absolute atomic E-state index is 13.5. The molecule has 0 atom stereocenters. The number of carbonyl (C=O) groups excluding carboxylic acids is 2. The SMILES string of the molecule is O=C(CSC1=N/C(=C/c2ccccc2)C(=O)N1c1ccc(F)cc1)c1c[nH]c2ccccc12. The number of hydrogen-bond donors (Lipinski definition) is 1. The standard InChI is InChI=1S/C26H18FN3O2S/c27-18-10-12-19(13-11-18)30-25(32)23(14-17-6-2-1-3-7-17)29-26(30)33-16-24(31)21-15-28-22-9-5-4-8-20(21)22/h1-15,28H,16H2/b23-14+. The second kappa shape index (κ2) is 8.88. The van der Waals surface area contributed by atoms with Gasteiger partial charge in [0.05, 0.1) is 11.4 Å². The topological polar surface area (TPSA) is 65.5 Å². The van der Waals surface area contributed by atoms with Crippen LogP contribution < -0.4 is 4.90 Å². The molecule has 0 aliphatic carbocycles. The molecule has 0 spiro atoms. The van der Waals surface area contributed by atoms with Crippen molar-refractivity contribution in [2.45, 2.75) is 0 Å². The average molecular weight is 456 g/mol. The van der Waals surface area contributed by atoms with Crippen molar-refractivity contribution >= 4 is 51.3 Å². The summed E-state index contributed by atoms with van der Waals surface area (Å²) in [4.78, 5) is 35.2. The number of para-hydroxylation sites is 1. The minimum absolute atomic E-state index is 0.0767. The Labute approximate surface area is 193 Å². The number of amidine groups is 1.